The van der Waals surface area contributed by atoms with Crippen LogP contribution < -0.4 is 0 Å². The second-order valence-electron chi connectivity index (χ2n) is 10.7. The topological polar surface area (TPSA) is 0 Å². The van der Waals surface area contributed by atoms with E-state index in [1.165, 1.54) is 51.4 Å². The van der Waals surface area contributed by atoms with Crippen LogP contribution in [0.1, 0.15) is 92.9 Å². The summed E-state index contributed by atoms with van der Waals surface area (Å²) in [7, 11) is 0. The molecular formula is C24H44S2. The van der Waals surface area contributed by atoms with Gasteiger partial charge in [-0.15, -0.1) is 0 Å². The van der Waals surface area contributed by atoms with E-state index in [9.17, 15) is 0 Å². The SMILES string of the molecule is CC1CC(C)C(SC2CCCC(SC3C(C)CC(C)CC3C)C2)C(C)C1. The fraction of sp³-hybridized carbons (Fsp3) is 1.00. The molecule has 152 valence electrons. The normalized spacial score (nSPS) is 50.5. The molecule has 0 heterocycles. The number of thioether (sulfide) groups is 2. The van der Waals surface area contributed by atoms with Gasteiger partial charge in [-0.2, -0.15) is 23.5 Å². The molecule has 0 saturated heterocycles. The molecule has 6 unspecified atom stereocenters. The third kappa shape index (κ3) is 5.40. The summed E-state index contributed by atoms with van der Waals surface area (Å²) in [6.45, 7) is 15.1. The molecule has 0 aliphatic heterocycles. The molecule has 6 atom stereocenters. The van der Waals surface area contributed by atoms with Gasteiger partial charge in [-0.1, -0.05) is 48.0 Å². The van der Waals surface area contributed by atoms with E-state index in [1.807, 2.05) is 0 Å². The Hall–Kier alpha value is 0.700. The van der Waals surface area contributed by atoms with Crippen molar-refractivity contribution < 1.29 is 0 Å². The maximum Gasteiger partial charge on any atom is 0.0101 e. The van der Waals surface area contributed by atoms with E-state index in [1.54, 1.807) is 0 Å². The van der Waals surface area contributed by atoms with Gasteiger partial charge in [-0.05, 0) is 80.5 Å². The van der Waals surface area contributed by atoms with Gasteiger partial charge in [0.25, 0.3) is 0 Å². The smallest absolute Gasteiger partial charge is 0.0101 e. The lowest BCUT2D eigenvalue weighted by Crippen LogP contribution is -2.36. The van der Waals surface area contributed by atoms with E-state index in [4.69, 9.17) is 0 Å². The first-order chi connectivity index (χ1) is 12.3. The van der Waals surface area contributed by atoms with Crippen LogP contribution in [0.4, 0.5) is 0 Å². The molecule has 0 aromatic heterocycles. The Bertz CT molecular complexity index is 374. The van der Waals surface area contributed by atoms with Gasteiger partial charge in [0, 0.05) is 21.0 Å². The molecule has 0 nitrogen and oxygen atoms in total. The van der Waals surface area contributed by atoms with Crippen LogP contribution in [0.15, 0.2) is 0 Å². The van der Waals surface area contributed by atoms with E-state index in [0.29, 0.717) is 0 Å². The maximum absolute atomic E-state index is 2.53. The molecule has 26 heavy (non-hydrogen) atoms. The molecule has 0 aromatic carbocycles. The molecule has 3 fully saturated rings. The number of hydrogen-bond donors (Lipinski definition) is 0. The van der Waals surface area contributed by atoms with Crippen LogP contribution in [-0.2, 0) is 0 Å². The first-order valence-electron chi connectivity index (χ1n) is 11.6. The quantitative estimate of drug-likeness (QED) is 0.473. The zero-order valence-electron chi connectivity index (χ0n) is 18.2. The summed E-state index contributed by atoms with van der Waals surface area (Å²) in [6.07, 6.45) is 11.8. The van der Waals surface area contributed by atoms with Gasteiger partial charge < -0.3 is 0 Å². The Morgan fingerprint density at radius 2 is 0.846 bits per heavy atom. The molecule has 0 N–H and O–H groups in total. The molecule has 0 aromatic rings. The molecule has 0 amide bonds. The highest BCUT2D eigenvalue weighted by molar-refractivity contribution is 8.01. The predicted octanol–water partition coefficient (Wildman–Crippen LogP) is 7.91. The Morgan fingerprint density at radius 3 is 1.19 bits per heavy atom. The van der Waals surface area contributed by atoms with Gasteiger partial charge in [0.1, 0.15) is 0 Å². The molecule has 3 aliphatic rings. The molecule has 3 saturated carbocycles. The van der Waals surface area contributed by atoms with Crippen LogP contribution in [0.2, 0.25) is 0 Å². The van der Waals surface area contributed by atoms with Gasteiger partial charge in [0.05, 0.1) is 0 Å². The summed E-state index contributed by atoms with van der Waals surface area (Å²) >= 11 is 4.83. The van der Waals surface area contributed by atoms with Crippen molar-refractivity contribution in [3.8, 4) is 0 Å². The molecular weight excluding hydrogens is 352 g/mol. The van der Waals surface area contributed by atoms with Crippen molar-refractivity contribution >= 4 is 23.5 Å². The van der Waals surface area contributed by atoms with Gasteiger partial charge in [-0.3, -0.25) is 0 Å². The zero-order chi connectivity index (χ0) is 18.8. The van der Waals surface area contributed by atoms with E-state index in [0.717, 1.165) is 56.5 Å². The first-order valence-corrected chi connectivity index (χ1v) is 13.5. The van der Waals surface area contributed by atoms with Crippen LogP contribution in [0.3, 0.4) is 0 Å². The molecule has 3 aliphatic carbocycles. The third-order valence-corrected chi connectivity index (χ3v) is 11.7. The first kappa shape index (κ1) is 21.4. The summed E-state index contributed by atoms with van der Waals surface area (Å²) < 4.78 is 0. The van der Waals surface area contributed by atoms with Crippen molar-refractivity contribution in [2.45, 2.75) is 114 Å². The molecule has 0 bridgehead atoms. The minimum atomic E-state index is 0.923. The Morgan fingerprint density at radius 1 is 0.500 bits per heavy atom. The minimum absolute atomic E-state index is 0.923. The second kappa shape index (κ2) is 9.47. The average molecular weight is 397 g/mol. The van der Waals surface area contributed by atoms with Crippen LogP contribution in [0, 0.1) is 35.5 Å². The maximum atomic E-state index is 2.53. The summed E-state index contributed by atoms with van der Waals surface area (Å²) in [6, 6.07) is 0. The summed E-state index contributed by atoms with van der Waals surface area (Å²) in [5.74, 6) is 5.59. The number of rotatable bonds is 4. The Labute approximate surface area is 172 Å². The van der Waals surface area contributed by atoms with Crippen molar-refractivity contribution in [2.24, 2.45) is 35.5 Å². The predicted molar refractivity (Wildman–Crippen MR) is 122 cm³/mol. The Kier molecular flexibility index (Phi) is 7.79. The average Bonchev–Trinajstić information content (AvgIpc) is 2.55. The van der Waals surface area contributed by atoms with E-state index < -0.39 is 0 Å². The zero-order valence-corrected chi connectivity index (χ0v) is 19.9. The lowest BCUT2D eigenvalue weighted by Gasteiger charge is -2.43. The molecule has 3 rings (SSSR count). The Balaban J connectivity index is 1.52. The van der Waals surface area contributed by atoms with Crippen LogP contribution in [0.25, 0.3) is 0 Å². The monoisotopic (exact) mass is 396 g/mol. The van der Waals surface area contributed by atoms with Crippen molar-refractivity contribution in [1.29, 1.82) is 0 Å². The van der Waals surface area contributed by atoms with Crippen molar-refractivity contribution in [3.63, 3.8) is 0 Å². The fourth-order valence-electron chi connectivity index (χ4n) is 6.72. The third-order valence-electron chi connectivity index (χ3n) is 7.62. The lowest BCUT2D eigenvalue weighted by atomic mass is 9.77. The largest absolute Gasteiger partial charge is 0.155 e. The molecule has 0 radical (unpaired) electrons. The minimum Gasteiger partial charge on any atom is -0.155 e. The number of hydrogen-bond acceptors (Lipinski definition) is 2. The highest BCUT2D eigenvalue weighted by Crippen LogP contribution is 2.48. The highest BCUT2D eigenvalue weighted by atomic mass is 32.2. The van der Waals surface area contributed by atoms with E-state index in [-0.39, 0.29) is 0 Å². The van der Waals surface area contributed by atoms with E-state index >= 15 is 0 Å². The lowest BCUT2D eigenvalue weighted by molar-refractivity contribution is 0.242. The summed E-state index contributed by atoms with van der Waals surface area (Å²) in [5.41, 5.74) is 0. The molecule has 2 heteroatoms. The van der Waals surface area contributed by atoms with Crippen molar-refractivity contribution in [2.75, 3.05) is 0 Å². The van der Waals surface area contributed by atoms with E-state index in [2.05, 4.69) is 65.1 Å². The molecule has 0 spiro atoms. The van der Waals surface area contributed by atoms with Gasteiger partial charge in [0.2, 0.25) is 0 Å². The summed E-state index contributed by atoms with van der Waals surface area (Å²) in [5, 5.41) is 3.73. The van der Waals surface area contributed by atoms with Crippen LogP contribution >= 0.6 is 23.5 Å². The van der Waals surface area contributed by atoms with Crippen LogP contribution in [-0.4, -0.2) is 21.0 Å². The van der Waals surface area contributed by atoms with Crippen molar-refractivity contribution in [1.82, 2.24) is 0 Å². The van der Waals surface area contributed by atoms with Crippen molar-refractivity contribution in [3.05, 3.63) is 0 Å². The second-order valence-corrected chi connectivity index (χ2v) is 13.6. The standard InChI is InChI=1S/C24H44S2/c1-15-10-17(3)23(18(4)11-15)25-21-8-7-9-22(14-21)26-24-19(5)12-16(2)13-20(24)6/h15-24H,7-14H2,1-6H3. The van der Waals surface area contributed by atoms with Gasteiger partial charge >= 0.3 is 0 Å². The van der Waals surface area contributed by atoms with Gasteiger partial charge in [-0.25, -0.2) is 0 Å². The van der Waals surface area contributed by atoms with Crippen LogP contribution in [0.5, 0.6) is 0 Å². The van der Waals surface area contributed by atoms with Gasteiger partial charge in [0.15, 0.2) is 0 Å². The highest BCUT2D eigenvalue weighted by Gasteiger charge is 2.37. The fourth-order valence-corrected chi connectivity index (χ4v) is 10.5. The summed E-state index contributed by atoms with van der Waals surface area (Å²) in [4.78, 5) is 0.